The van der Waals surface area contributed by atoms with Crippen LogP contribution in [-0.4, -0.2) is 27.6 Å². The van der Waals surface area contributed by atoms with E-state index in [1.54, 1.807) is 43.0 Å². The van der Waals surface area contributed by atoms with E-state index in [2.05, 4.69) is 26.8 Å². The van der Waals surface area contributed by atoms with Crippen molar-refractivity contribution >= 4 is 34.0 Å². The highest BCUT2D eigenvalue weighted by molar-refractivity contribution is 7.13. The number of methoxy groups -OCH3 is 1. The zero-order valence-corrected chi connectivity index (χ0v) is 15.8. The molecule has 0 unspecified atom stereocenters. The fourth-order valence-electron chi connectivity index (χ4n) is 2.91. The molecule has 0 aliphatic rings. The van der Waals surface area contributed by atoms with Gasteiger partial charge in [0.1, 0.15) is 22.1 Å². The molecule has 136 valence electrons. The van der Waals surface area contributed by atoms with Crippen LogP contribution in [0.25, 0.3) is 21.6 Å². The Morgan fingerprint density at radius 2 is 2.07 bits per heavy atom. The monoisotopic (exact) mass is 378 g/mol. The van der Waals surface area contributed by atoms with Gasteiger partial charge in [-0.15, -0.1) is 11.3 Å². The standard InChI is InChI=1S/C20H18N4O2S/c1-3-24-11-16(15-5-4-10-21-18(15)24)20-23-17(12-27-20)19(25)22-13-6-8-14(26-2)9-7-13/h4-12H,3H2,1-2H3,(H,22,25). The van der Waals surface area contributed by atoms with E-state index in [1.807, 2.05) is 18.3 Å². The van der Waals surface area contributed by atoms with Crippen molar-refractivity contribution in [2.45, 2.75) is 13.5 Å². The zero-order valence-electron chi connectivity index (χ0n) is 15.0. The van der Waals surface area contributed by atoms with Gasteiger partial charge in [0, 0.05) is 41.0 Å². The molecule has 1 N–H and O–H groups in total. The molecular formula is C20H18N4O2S. The number of pyridine rings is 1. The third-order valence-corrected chi connectivity index (χ3v) is 5.17. The quantitative estimate of drug-likeness (QED) is 0.557. The minimum atomic E-state index is -0.236. The van der Waals surface area contributed by atoms with Crippen LogP contribution in [0.3, 0.4) is 0 Å². The Labute approximate surface area is 160 Å². The number of thiazole rings is 1. The molecule has 1 aromatic carbocycles. The van der Waals surface area contributed by atoms with Crippen molar-refractivity contribution in [3.05, 3.63) is 59.9 Å². The molecule has 0 saturated carbocycles. The summed E-state index contributed by atoms with van der Waals surface area (Å²) in [5, 5.41) is 6.48. The van der Waals surface area contributed by atoms with Crippen LogP contribution in [0.2, 0.25) is 0 Å². The number of hydrogen-bond acceptors (Lipinski definition) is 5. The minimum absolute atomic E-state index is 0.236. The summed E-state index contributed by atoms with van der Waals surface area (Å²) < 4.78 is 7.21. The van der Waals surface area contributed by atoms with Gasteiger partial charge in [0.25, 0.3) is 5.91 Å². The molecule has 1 amide bonds. The van der Waals surface area contributed by atoms with Crippen LogP contribution in [0.15, 0.2) is 54.2 Å². The van der Waals surface area contributed by atoms with E-state index in [4.69, 9.17) is 4.74 Å². The van der Waals surface area contributed by atoms with Crippen LogP contribution in [-0.2, 0) is 6.54 Å². The first kappa shape index (κ1) is 17.2. The van der Waals surface area contributed by atoms with Gasteiger partial charge in [-0.3, -0.25) is 4.79 Å². The summed E-state index contributed by atoms with van der Waals surface area (Å²) in [7, 11) is 1.61. The average Bonchev–Trinajstić information content (AvgIpc) is 3.33. The Morgan fingerprint density at radius 3 is 2.81 bits per heavy atom. The molecule has 4 rings (SSSR count). The number of aromatic nitrogens is 3. The van der Waals surface area contributed by atoms with E-state index in [9.17, 15) is 4.79 Å². The Kier molecular flexibility index (Phi) is 4.60. The molecule has 0 fully saturated rings. The van der Waals surface area contributed by atoms with Crippen LogP contribution >= 0.6 is 11.3 Å². The molecule has 0 aliphatic heterocycles. The second-order valence-electron chi connectivity index (χ2n) is 5.92. The molecule has 7 heteroatoms. The topological polar surface area (TPSA) is 69.0 Å². The third-order valence-electron chi connectivity index (χ3n) is 4.29. The lowest BCUT2D eigenvalue weighted by atomic mass is 10.2. The van der Waals surface area contributed by atoms with E-state index in [0.717, 1.165) is 33.9 Å². The highest BCUT2D eigenvalue weighted by Gasteiger charge is 2.16. The molecule has 3 aromatic heterocycles. The fourth-order valence-corrected chi connectivity index (χ4v) is 3.73. The number of ether oxygens (including phenoxy) is 1. The maximum Gasteiger partial charge on any atom is 0.275 e. The zero-order chi connectivity index (χ0) is 18.8. The van der Waals surface area contributed by atoms with E-state index in [0.29, 0.717) is 11.4 Å². The van der Waals surface area contributed by atoms with Gasteiger partial charge in [0.05, 0.1) is 7.11 Å². The van der Waals surface area contributed by atoms with Gasteiger partial charge in [-0.25, -0.2) is 9.97 Å². The number of benzene rings is 1. The third kappa shape index (κ3) is 3.29. The molecule has 0 saturated heterocycles. The molecule has 6 nitrogen and oxygen atoms in total. The predicted molar refractivity (Wildman–Crippen MR) is 107 cm³/mol. The molecule has 0 bridgehead atoms. The first-order valence-electron chi connectivity index (χ1n) is 8.54. The lowest BCUT2D eigenvalue weighted by molar-refractivity contribution is 0.102. The number of hydrogen-bond donors (Lipinski definition) is 1. The Morgan fingerprint density at radius 1 is 1.26 bits per heavy atom. The molecule has 0 spiro atoms. The fraction of sp³-hybridized carbons (Fsp3) is 0.150. The number of carbonyl (C=O) groups is 1. The summed E-state index contributed by atoms with van der Waals surface area (Å²) in [6, 6.07) is 11.1. The smallest absolute Gasteiger partial charge is 0.275 e. The molecule has 3 heterocycles. The van der Waals surface area contributed by atoms with Crippen molar-refractivity contribution in [3.63, 3.8) is 0 Å². The van der Waals surface area contributed by atoms with Crippen molar-refractivity contribution in [2.24, 2.45) is 0 Å². The second kappa shape index (κ2) is 7.20. The summed E-state index contributed by atoms with van der Waals surface area (Å²) in [5.74, 6) is 0.505. The summed E-state index contributed by atoms with van der Waals surface area (Å²) >= 11 is 1.45. The lowest BCUT2D eigenvalue weighted by Crippen LogP contribution is -2.12. The molecular weight excluding hydrogens is 360 g/mol. The van der Waals surface area contributed by atoms with Gasteiger partial charge in [-0.1, -0.05) is 0 Å². The summed E-state index contributed by atoms with van der Waals surface area (Å²) in [6.45, 7) is 2.90. The highest BCUT2D eigenvalue weighted by Crippen LogP contribution is 2.32. The van der Waals surface area contributed by atoms with Crippen molar-refractivity contribution in [3.8, 4) is 16.3 Å². The molecule has 4 aromatic rings. The van der Waals surface area contributed by atoms with Gasteiger partial charge in [0.2, 0.25) is 0 Å². The number of rotatable bonds is 5. The van der Waals surface area contributed by atoms with Crippen LogP contribution in [0.4, 0.5) is 5.69 Å². The maximum absolute atomic E-state index is 12.5. The summed E-state index contributed by atoms with van der Waals surface area (Å²) in [5.41, 5.74) is 3.01. The van der Waals surface area contributed by atoms with Gasteiger partial charge in [0.15, 0.2) is 0 Å². The van der Waals surface area contributed by atoms with Crippen LogP contribution in [0, 0.1) is 0 Å². The maximum atomic E-state index is 12.5. The number of fused-ring (bicyclic) bond motifs is 1. The highest BCUT2D eigenvalue weighted by atomic mass is 32.1. The first-order chi connectivity index (χ1) is 13.2. The van der Waals surface area contributed by atoms with Crippen molar-refractivity contribution in [1.82, 2.24) is 14.5 Å². The predicted octanol–water partition coefficient (Wildman–Crippen LogP) is 4.44. The van der Waals surface area contributed by atoms with Crippen LogP contribution < -0.4 is 10.1 Å². The van der Waals surface area contributed by atoms with Crippen molar-refractivity contribution in [1.29, 1.82) is 0 Å². The molecule has 0 radical (unpaired) electrons. The number of carbonyl (C=O) groups excluding carboxylic acids is 1. The minimum Gasteiger partial charge on any atom is -0.497 e. The first-order valence-corrected chi connectivity index (χ1v) is 9.42. The SMILES string of the molecule is CCn1cc(-c2nc(C(=O)Nc3ccc(OC)cc3)cs2)c2cccnc21. The number of aryl methyl sites for hydroxylation is 1. The Bertz CT molecular complexity index is 1100. The lowest BCUT2D eigenvalue weighted by Gasteiger charge is -2.04. The van der Waals surface area contributed by atoms with Gasteiger partial charge in [-0.05, 0) is 43.3 Å². The average molecular weight is 378 g/mol. The molecule has 0 atom stereocenters. The number of nitrogens with zero attached hydrogens (tertiary/aromatic N) is 3. The summed E-state index contributed by atoms with van der Waals surface area (Å²) in [6.07, 6.45) is 3.83. The van der Waals surface area contributed by atoms with Crippen LogP contribution in [0.1, 0.15) is 17.4 Å². The number of nitrogens with one attached hydrogen (secondary N) is 1. The van der Waals surface area contributed by atoms with E-state index in [1.165, 1.54) is 11.3 Å². The second-order valence-corrected chi connectivity index (χ2v) is 6.78. The number of amides is 1. The van der Waals surface area contributed by atoms with Crippen molar-refractivity contribution < 1.29 is 9.53 Å². The number of anilines is 1. The van der Waals surface area contributed by atoms with Gasteiger partial charge < -0.3 is 14.6 Å². The normalized spacial score (nSPS) is 10.9. The van der Waals surface area contributed by atoms with E-state index < -0.39 is 0 Å². The Balaban J connectivity index is 1.60. The van der Waals surface area contributed by atoms with Crippen LogP contribution in [0.5, 0.6) is 5.75 Å². The van der Waals surface area contributed by atoms with Crippen molar-refractivity contribution in [2.75, 3.05) is 12.4 Å². The largest absolute Gasteiger partial charge is 0.497 e. The Hall–Kier alpha value is -3.19. The van der Waals surface area contributed by atoms with E-state index in [-0.39, 0.29) is 5.91 Å². The van der Waals surface area contributed by atoms with Gasteiger partial charge in [-0.2, -0.15) is 0 Å². The molecule has 27 heavy (non-hydrogen) atoms. The summed E-state index contributed by atoms with van der Waals surface area (Å²) in [4.78, 5) is 21.5. The van der Waals surface area contributed by atoms with Gasteiger partial charge >= 0.3 is 0 Å². The van der Waals surface area contributed by atoms with E-state index >= 15 is 0 Å². The molecule has 0 aliphatic carbocycles.